The van der Waals surface area contributed by atoms with Gasteiger partial charge >= 0.3 is 0 Å². The van der Waals surface area contributed by atoms with Gasteiger partial charge in [0.15, 0.2) is 10.6 Å². The molecule has 1 aromatic rings. The minimum atomic E-state index is 0.0377. The summed E-state index contributed by atoms with van der Waals surface area (Å²) in [6.07, 6.45) is 4.97. The summed E-state index contributed by atoms with van der Waals surface area (Å²) in [5, 5.41) is 9.74. The molecule has 112 valence electrons. The summed E-state index contributed by atoms with van der Waals surface area (Å²) in [5.74, 6) is 0.801. The number of ether oxygens (including phenoxy) is 1. The molecule has 0 saturated carbocycles. The van der Waals surface area contributed by atoms with Crippen LogP contribution in [-0.2, 0) is 22.6 Å². The maximum absolute atomic E-state index is 11.8. The molecular weight excluding hydrogens is 276 g/mol. The third kappa shape index (κ3) is 4.14. The summed E-state index contributed by atoms with van der Waals surface area (Å²) in [4.78, 5) is 11.8. The van der Waals surface area contributed by atoms with Crippen LogP contribution in [0.15, 0.2) is 0 Å². The van der Waals surface area contributed by atoms with E-state index in [-0.39, 0.29) is 12.0 Å². The number of aromatic amines is 1. The third-order valence-corrected chi connectivity index (χ3v) is 3.88. The lowest BCUT2D eigenvalue weighted by Crippen LogP contribution is -2.27. The Morgan fingerprint density at radius 3 is 3.15 bits per heavy atom. The highest BCUT2D eigenvalue weighted by atomic mass is 32.1. The Labute approximate surface area is 123 Å². The standard InChI is InChI=1S/C13H22N4O2S/c1-2-17-11(15-16-13(17)20)9-14-12(18)7-6-10-5-3-4-8-19-10/h10H,2-9H2,1H3,(H,14,18)(H,16,20). The van der Waals surface area contributed by atoms with Crippen molar-refractivity contribution in [1.29, 1.82) is 0 Å². The van der Waals surface area contributed by atoms with E-state index in [0.717, 1.165) is 38.2 Å². The number of hydrogen-bond donors (Lipinski definition) is 2. The average molecular weight is 298 g/mol. The van der Waals surface area contributed by atoms with Gasteiger partial charge in [-0.2, -0.15) is 5.10 Å². The van der Waals surface area contributed by atoms with E-state index in [1.807, 2.05) is 11.5 Å². The number of carbonyl (C=O) groups is 1. The number of rotatable bonds is 6. The van der Waals surface area contributed by atoms with Crippen molar-refractivity contribution in [3.05, 3.63) is 10.6 Å². The van der Waals surface area contributed by atoms with Gasteiger partial charge in [0.05, 0.1) is 12.6 Å². The molecule has 0 spiro atoms. The van der Waals surface area contributed by atoms with Gasteiger partial charge in [0.25, 0.3) is 0 Å². The molecule has 1 fully saturated rings. The molecule has 2 N–H and O–H groups in total. The molecule has 0 aliphatic carbocycles. The zero-order valence-corrected chi connectivity index (χ0v) is 12.7. The van der Waals surface area contributed by atoms with Gasteiger partial charge in [-0.05, 0) is 44.8 Å². The van der Waals surface area contributed by atoms with Gasteiger partial charge in [0.1, 0.15) is 0 Å². The highest BCUT2D eigenvalue weighted by Crippen LogP contribution is 2.16. The van der Waals surface area contributed by atoms with Gasteiger partial charge in [-0.25, -0.2) is 0 Å². The second-order valence-electron chi connectivity index (χ2n) is 4.99. The minimum Gasteiger partial charge on any atom is -0.378 e. The lowest BCUT2D eigenvalue weighted by molar-refractivity contribution is -0.122. The van der Waals surface area contributed by atoms with Crippen molar-refractivity contribution in [1.82, 2.24) is 20.1 Å². The maximum atomic E-state index is 11.8. The van der Waals surface area contributed by atoms with E-state index in [2.05, 4.69) is 15.5 Å². The SMILES string of the molecule is CCn1c(CNC(=O)CCC2CCCCO2)n[nH]c1=S. The van der Waals surface area contributed by atoms with Crippen molar-refractivity contribution in [3.8, 4) is 0 Å². The zero-order valence-electron chi connectivity index (χ0n) is 11.9. The number of hydrogen-bond acceptors (Lipinski definition) is 4. The van der Waals surface area contributed by atoms with Crippen LogP contribution >= 0.6 is 12.2 Å². The second-order valence-corrected chi connectivity index (χ2v) is 5.38. The monoisotopic (exact) mass is 298 g/mol. The molecule has 1 aromatic heterocycles. The third-order valence-electron chi connectivity index (χ3n) is 3.56. The van der Waals surface area contributed by atoms with Crippen molar-refractivity contribution in [2.45, 2.75) is 58.2 Å². The predicted molar refractivity (Wildman–Crippen MR) is 77.8 cm³/mol. The van der Waals surface area contributed by atoms with Crippen LogP contribution in [0.4, 0.5) is 0 Å². The van der Waals surface area contributed by atoms with Gasteiger partial charge in [-0.15, -0.1) is 0 Å². The van der Waals surface area contributed by atoms with E-state index in [9.17, 15) is 4.79 Å². The van der Waals surface area contributed by atoms with Crippen LogP contribution in [0, 0.1) is 4.77 Å². The maximum Gasteiger partial charge on any atom is 0.220 e. The molecule has 1 aliphatic rings. The van der Waals surface area contributed by atoms with Crippen LogP contribution in [0.3, 0.4) is 0 Å². The number of nitrogens with zero attached hydrogens (tertiary/aromatic N) is 2. The molecular formula is C13H22N4O2S. The summed E-state index contributed by atoms with van der Waals surface area (Å²) in [6, 6.07) is 0. The van der Waals surface area contributed by atoms with Crippen LogP contribution in [-0.4, -0.2) is 33.4 Å². The molecule has 20 heavy (non-hydrogen) atoms. The molecule has 0 aromatic carbocycles. The fourth-order valence-corrected chi connectivity index (χ4v) is 2.68. The first-order chi connectivity index (χ1) is 9.70. The number of nitrogens with one attached hydrogen (secondary N) is 2. The minimum absolute atomic E-state index is 0.0377. The summed E-state index contributed by atoms with van der Waals surface area (Å²) < 4.78 is 8.08. The van der Waals surface area contributed by atoms with Gasteiger partial charge < -0.3 is 14.6 Å². The Balaban J connectivity index is 1.73. The Morgan fingerprint density at radius 2 is 2.45 bits per heavy atom. The van der Waals surface area contributed by atoms with E-state index in [4.69, 9.17) is 17.0 Å². The molecule has 2 rings (SSSR count). The molecule has 1 saturated heterocycles. The van der Waals surface area contributed by atoms with Crippen molar-refractivity contribution in [3.63, 3.8) is 0 Å². The normalized spacial score (nSPS) is 18.9. The molecule has 1 unspecified atom stereocenters. The molecule has 1 amide bonds. The van der Waals surface area contributed by atoms with Crippen LogP contribution < -0.4 is 5.32 Å². The fraction of sp³-hybridized carbons (Fsp3) is 0.769. The fourth-order valence-electron chi connectivity index (χ4n) is 2.40. The highest BCUT2D eigenvalue weighted by molar-refractivity contribution is 7.71. The topological polar surface area (TPSA) is 71.9 Å². The van der Waals surface area contributed by atoms with E-state index >= 15 is 0 Å². The Bertz CT molecular complexity index is 491. The molecule has 0 radical (unpaired) electrons. The van der Waals surface area contributed by atoms with E-state index in [1.165, 1.54) is 6.42 Å². The first-order valence-corrected chi connectivity index (χ1v) is 7.64. The predicted octanol–water partition coefficient (Wildman–Crippen LogP) is 1.93. The number of aromatic nitrogens is 3. The van der Waals surface area contributed by atoms with Gasteiger partial charge in [0.2, 0.25) is 5.91 Å². The molecule has 2 heterocycles. The van der Waals surface area contributed by atoms with Crippen LogP contribution in [0.5, 0.6) is 0 Å². The van der Waals surface area contributed by atoms with Crippen molar-refractivity contribution in [2.24, 2.45) is 0 Å². The van der Waals surface area contributed by atoms with Crippen molar-refractivity contribution in [2.75, 3.05) is 6.61 Å². The Morgan fingerprint density at radius 1 is 1.60 bits per heavy atom. The number of carbonyl (C=O) groups excluding carboxylic acids is 1. The first kappa shape index (κ1) is 15.2. The number of amides is 1. The van der Waals surface area contributed by atoms with E-state index < -0.39 is 0 Å². The van der Waals surface area contributed by atoms with Crippen LogP contribution in [0.25, 0.3) is 0 Å². The Kier molecular flexibility index (Phi) is 5.72. The smallest absolute Gasteiger partial charge is 0.220 e. The summed E-state index contributed by atoms with van der Waals surface area (Å²) in [7, 11) is 0. The molecule has 7 heteroatoms. The summed E-state index contributed by atoms with van der Waals surface area (Å²) >= 11 is 5.10. The van der Waals surface area contributed by atoms with Crippen LogP contribution in [0.2, 0.25) is 0 Å². The average Bonchev–Trinajstić information content (AvgIpc) is 2.84. The van der Waals surface area contributed by atoms with Gasteiger partial charge in [0, 0.05) is 19.6 Å². The molecule has 1 atom stereocenters. The van der Waals surface area contributed by atoms with E-state index in [0.29, 0.717) is 17.7 Å². The lowest BCUT2D eigenvalue weighted by Gasteiger charge is -2.22. The molecule has 0 bridgehead atoms. The highest BCUT2D eigenvalue weighted by Gasteiger charge is 2.15. The molecule has 1 aliphatic heterocycles. The lowest BCUT2D eigenvalue weighted by atomic mass is 10.0. The molecule has 6 nitrogen and oxygen atoms in total. The van der Waals surface area contributed by atoms with Gasteiger partial charge in [-0.3, -0.25) is 9.89 Å². The summed E-state index contributed by atoms with van der Waals surface area (Å²) in [5.41, 5.74) is 0. The van der Waals surface area contributed by atoms with E-state index in [1.54, 1.807) is 0 Å². The quantitative estimate of drug-likeness (QED) is 0.787. The van der Waals surface area contributed by atoms with Crippen molar-refractivity contribution < 1.29 is 9.53 Å². The zero-order chi connectivity index (χ0) is 14.4. The van der Waals surface area contributed by atoms with Crippen LogP contribution in [0.1, 0.15) is 44.9 Å². The number of H-pyrrole nitrogens is 1. The van der Waals surface area contributed by atoms with Crippen molar-refractivity contribution >= 4 is 18.1 Å². The second kappa shape index (κ2) is 7.54. The summed E-state index contributed by atoms with van der Waals surface area (Å²) in [6.45, 7) is 3.98. The van der Waals surface area contributed by atoms with Gasteiger partial charge in [-0.1, -0.05) is 0 Å². The Hall–Kier alpha value is -1.21. The largest absolute Gasteiger partial charge is 0.378 e. The first-order valence-electron chi connectivity index (χ1n) is 7.23.